The van der Waals surface area contributed by atoms with Crippen LogP contribution in [0.4, 0.5) is 5.13 Å². The van der Waals surface area contributed by atoms with Gasteiger partial charge in [0.2, 0.25) is 11.0 Å². The summed E-state index contributed by atoms with van der Waals surface area (Å²) >= 11 is 1.13. The zero-order valence-electron chi connectivity index (χ0n) is 12.6. The summed E-state index contributed by atoms with van der Waals surface area (Å²) in [5.41, 5.74) is 6.62. The Morgan fingerprint density at radius 1 is 1.41 bits per heavy atom. The van der Waals surface area contributed by atoms with Crippen LogP contribution in [0.1, 0.15) is 13.8 Å². The van der Waals surface area contributed by atoms with Gasteiger partial charge in [-0.05, 0) is 18.1 Å². The Kier molecular flexibility index (Phi) is 6.73. The zero-order chi connectivity index (χ0) is 15.4. The molecule has 0 bridgehead atoms. The summed E-state index contributed by atoms with van der Waals surface area (Å²) < 4.78 is 9.41. The van der Waals surface area contributed by atoms with E-state index in [0.717, 1.165) is 22.8 Å². The van der Waals surface area contributed by atoms with Gasteiger partial charge in [-0.25, -0.2) is 0 Å². The zero-order valence-corrected chi connectivity index (χ0v) is 14.2. The van der Waals surface area contributed by atoms with Crippen LogP contribution in [0.5, 0.6) is 5.75 Å². The normalized spacial score (nSPS) is 11.7. The molecule has 1 aromatic carbocycles. The Morgan fingerprint density at radius 3 is 2.77 bits per heavy atom. The lowest BCUT2D eigenvalue weighted by Gasteiger charge is -2.13. The second-order valence-corrected chi connectivity index (χ2v) is 5.67. The van der Waals surface area contributed by atoms with Crippen LogP contribution in [0.15, 0.2) is 24.3 Å². The highest BCUT2D eigenvalue weighted by atomic mass is 35.5. The van der Waals surface area contributed by atoms with Gasteiger partial charge < -0.3 is 10.5 Å². The van der Waals surface area contributed by atoms with E-state index in [-0.39, 0.29) is 24.2 Å². The molecule has 8 heteroatoms. The fourth-order valence-electron chi connectivity index (χ4n) is 1.65. The molecule has 1 heterocycles. The second kappa shape index (κ2) is 8.07. The first kappa shape index (κ1) is 18.3. The SMILES string of the molecule is COc1cccc(-c2nsc(NC(=O)[C@@H](N)C(C)C)n2)c1.Cl. The van der Waals surface area contributed by atoms with Gasteiger partial charge >= 0.3 is 0 Å². The van der Waals surface area contributed by atoms with Gasteiger partial charge in [-0.3, -0.25) is 10.1 Å². The molecule has 6 nitrogen and oxygen atoms in total. The highest BCUT2D eigenvalue weighted by Gasteiger charge is 2.19. The number of hydrogen-bond acceptors (Lipinski definition) is 6. The Labute approximate surface area is 139 Å². The molecule has 0 spiro atoms. The molecule has 1 atom stereocenters. The van der Waals surface area contributed by atoms with Gasteiger partial charge in [0, 0.05) is 17.1 Å². The monoisotopic (exact) mass is 342 g/mol. The predicted molar refractivity (Wildman–Crippen MR) is 90.6 cm³/mol. The van der Waals surface area contributed by atoms with Crippen molar-refractivity contribution in [1.82, 2.24) is 9.36 Å². The lowest BCUT2D eigenvalue weighted by molar-refractivity contribution is -0.118. The topological polar surface area (TPSA) is 90.1 Å². The molecule has 0 fully saturated rings. The van der Waals surface area contributed by atoms with Gasteiger partial charge in [0.05, 0.1) is 13.2 Å². The van der Waals surface area contributed by atoms with Crippen LogP contribution in [-0.4, -0.2) is 28.4 Å². The molecule has 0 aliphatic heterocycles. The third-order valence-corrected chi connectivity index (χ3v) is 3.64. The van der Waals surface area contributed by atoms with Crippen molar-refractivity contribution in [3.63, 3.8) is 0 Å². The van der Waals surface area contributed by atoms with Crippen molar-refractivity contribution < 1.29 is 9.53 Å². The highest BCUT2D eigenvalue weighted by molar-refractivity contribution is 7.10. The van der Waals surface area contributed by atoms with E-state index in [1.54, 1.807) is 7.11 Å². The number of carbonyl (C=O) groups is 1. The van der Waals surface area contributed by atoms with Crippen LogP contribution in [0.2, 0.25) is 0 Å². The van der Waals surface area contributed by atoms with Crippen molar-refractivity contribution in [2.75, 3.05) is 12.4 Å². The molecular formula is C14H19ClN4O2S. The Bertz CT molecular complexity index is 633. The summed E-state index contributed by atoms with van der Waals surface area (Å²) in [4.78, 5) is 16.2. The van der Waals surface area contributed by atoms with Crippen molar-refractivity contribution in [3.05, 3.63) is 24.3 Å². The molecule has 0 radical (unpaired) electrons. The van der Waals surface area contributed by atoms with E-state index in [4.69, 9.17) is 10.5 Å². The maximum atomic E-state index is 11.9. The highest BCUT2D eigenvalue weighted by Crippen LogP contribution is 2.24. The van der Waals surface area contributed by atoms with E-state index in [9.17, 15) is 4.79 Å². The minimum Gasteiger partial charge on any atom is -0.497 e. The van der Waals surface area contributed by atoms with Gasteiger partial charge in [-0.15, -0.1) is 12.4 Å². The lowest BCUT2D eigenvalue weighted by Crippen LogP contribution is -2.39. The van der Waals surface area contributed by atoms with Crippen LogP contribution >= 0.6 is 23.9 Å². The number of benzene rings is 1. The first-order valence-electron chi connectivity index (χ1n) is 6.56. The second-order valence-electron chi connectivity index (χ2n) is 4.91. The van der Waals surface area contributed by atoms with E-state index >= 15 is 0 Å². The van der Waals surface area contributed by atoms with E-state index in [1.807, 2.05) is 38.1 Å². The fraction of sp³-hybridized carbons (Fsp3) is 0.357. The average molecular weight is 343 g/mol. The summed E-state index contributed by atoms with van der Waals surface area (Å²) in [5, 5.41) is 3.13. The summed E-state index contributed by atoms with van der Waals surface area (Å²) in [7, 11) is 1.60. The van der Waals surface area contributed by atoms with Crippen LogP contribution in [0.25, 0.3) is 11.4 Å². The summed E-state index contributed by atoms with van der Waals surface area (Å²) in [6.07, 6.45) is 0. The number of amides is 1. The first-order chi connectivity index (χ1) is 10.0. The van der Waals surface area contributed by atoms with Crippen molar-refractivity contribution in [2.45, 2.75) is 19.9 Å². The minimum atomic E-state index is -0.561. The number of nitrogens with zero attached hydrogens (tertiary/aromatic N) is 2. The van der Waals surface area contributed by atoms with Gasteiger partial charge in [0.15, 0.2) is 5.82 Å². The number of ether oxygens (including phenoxy) is 1. The third kappa shape index (κ3) is 4.40. The van der Waals surface area contributed by atoms with E-state index < -0.39 is 6.04 Å². The van der Waals surface area contributed by atoms with Gasteiger partial charge in [-0.2, -0.15) is 9.36 Å². The number of halogens is 1. The minimum absolute atomic E-state index is 0. The first-order valence-corrected chi connectivity index (χ1v) is 7.33. The molecule has 0 saturated heterocycles. The Balaban J connectivity index is 0.00000242. The molecule has 120 valence electrons. The lowest BCUT2D eigenvalue weighted by atomic mass is 10.1. The Morgan fingerprint density at radius 2 is 2.14 bits per heavy atom. The molecule has 1 aromatic heterocycles. The van der Waals surface area contributed by atoms with E-state index in [2.05, 4.69) is 14.7 Å². The fourth-order valence-corrected chi connectivity index (χ4v) is 2.24. The summed E-state index contributed by atoms with van der Waals surface area (Å²) in [6, 6.07) is 6.88. The summed E-state index contributed by atoms with van der Waals surface area (Å²) in [6.45, 7) is 3.79. The number of nitrogens with two attached hydrogens (primary N) is 1. The number of methoxy groups -OCH3 is 1. The predicted octanol–water partition coefficient (Wildman–Crippen LogP) is 2.56. The van der Waals surface area contributed by atoms with E-state index in [0.29, 0.717) is 11.0 Å². The maximum absolute atomic E-state index is 11.9. The number of nitrogens with one attached hydrogen (secondary N) is 1. The quantitative estimate of drug-likeness (QED) is 0.871. The number of carbonyl (C=O) groups excluding carboxylic acids is 1. The molecule has 0 aliphatic carbocycles. The Hall–Kier alpha value is -1.70. The summed E-state index contributed by atoms with van der Waals surface area (Å²) in [5.74, 6) is 1.09. The van der Waals surface area contributed by atoms with Crippen LogP contribution in [0.3, 0.4) is 0 Å². The molecule has 22 heavy (non-hydrogen) atoms. The molecule has 1 amide bonds. The number of aromatic nitrogens is 2. The van der Waals surface area contributed by atoms with Gasteiger partial charge in [0.1, 0.15) is 5.75 Å². The molecule has 3 N–H and O–H groups in total. The smallest absolute Gasteiger partial charge is 0.243 e. The molecule has 0 aliphatic rings. The van der Waals surface area contributed by atoms with E-state index in [1.165, 1.54) is 0 Å². The molecule has 0 saturated carbocycles. The van der Waals surface area contributed by atoms with Crippen LogP contribution in [0, 0.1) is 5.92 Å². The van der Waals surface area contributed by atoms with Crippen molar-refractivity contribution in [3.8, 4) is 17.1 Å². The van der Waals surface area contributed by atoms with Crippen molar-refractivity contribution in [1.29, 1.82) is 0 Å². The van der Waals surface area contributed by atoms with Crippen LogP contribution < -0.4 is 15.8 Å². The molecule has 2 aromatic rings. The maximum Gasteiger partial charge on any atom is 0.243 e. The number of hydrogen-bond donors (Lipinski definition) is 2. The number of rotatable bonds is 5. The van der Waals surface area contributed by atoms with Crippen molar-refractivity contribution in [2.24, 2.45) is 11.7 Å². The number of anilines is 1. The largest absolute Gasteiger partial charge is 0.497 e. The van der Waals surface area contributed by atoms with Gasteiger partial charge in [-0.1, -0.05) is 26.0 Å². The standard InChI is InChI=1S/C14H18N4O2S.ClH/c1-8(2)11(15)13(19)17-14-16-12(18-21-14)9-5-4-6-10(7-9)20-3;/h4-8,11H,15H2,1-3H3,(H,16,17,18,19);1H/t11-;/m0./s1. The molecule has 2 rings (SSSR count). The van der Waals surface area contributed by atoms with Crippen molar-refractivity contribution >= 4 is 35.0 Å². The van der Waals surface area contributed by atoms with Gasteiger partial charge in [0.25, 0.3) is 0 Å². The average Bonchev–Trinajstić information content (AvgIpc) is 2.94. The van der Waals surface area contributed by atoms with Crippen LogP contribution in [-0.2, 0) is 4.79 Å². The molecular weight excluding hydrogens is 324 g/mol. The third-order valence-electron chi connectivity index (χ3n) is 3.01. The molecule has 0 unspecified atom stereocenters.